The van der Waals surface area contributed by atoms with Gasteiger partial charge in [0.15, 0.2) is 0 Å². The van der Waals surface area contributed by atoms with Crippen molar-refractivity contribution in [1.82, 2.24) is 15.2 Å². The van der Waals surface area contributed by atoms with E-state index in [-0.39, 0.29) is 11.0 Å². The summed E-state index contributed by atoms with van der Waals surface area (Å²) in [5, 5.41) is 9.42. The van der Waals surface area contributed by atoms with Crippen LogP contribution in [0.2, 0.25) is 0 Å². The summed E-state index contributed by atoms with van der Waals surface area (Å²) in [5.41, 5.74) is 12.2. The molecular formula is C29H28N4. The zero-order chi connectivity index (χ0) is 22.4. The molecule has 4 nitrogen and oxygen atoms in total. The summed E-state index contributed by atoms with van der Waals surface area (Å²) in [6.45, 7) is 6.40. The summed E-state index contributed by atoms with van der Waals surface area (Å²) >= 11 is 0. The molecule has 2 aromatic carbocycles. The average molecular weight is 433 g/mol. The van der Waals surface area contributed by atoms with Gasteiger partial charge in [0.25, 0.3) is 0 Å². The molecule has 3 fully saturated rings. The van der Waals surface area contributed by atoms with E-state index in [1.807, 2.05) is 13.1 Å². The van der Waals surface area contributed by atoms with Crippen molar-refractivity contribution in [3.8, 4) is 0 Å². The predicted molar refractivity (Wildman–Crippen MR) is 132 cm³/mol. The zero-order valence-corrected chi connectivity index (χ0v) is 19.5. The molecule has 1 aliphatic heterocycles. The van der Waals surface area contributed by atoms with Crippen LogP contribution in [-0.2, 0) is 18.3 Å². The number of hydrogen-bond acceptors (Lipinski definition) is 4. The molecule has 0 saturated heterocycles. The SMILES string of the molecule is Cc1ccc2c(c1)CCc1cc(C)ccc1N2C12CC(c3cnc4c(C)nncc4c3)(C1)C2. The highest BCUT2D eigenvalue weighted by molar-refractivity contribution is 5.81. The Morgan fingerprint density at radius 1 is 0.788 bits per heavy atom. The molecule has 164 valence electrons. The molecule has 0 spiro atoms. The van der Waals surface area contributed by atoms with Crippen LogP contribution in [0.25, 0.3) is 10.9 Å². The monoisotopic (exact) mass is 432 g/mol. The maximum Gasteiger partial charge on any atom is 0.0948 e. The molecule has 4 aliphatic rings. The topological polar surface area (TPSA) is 41.9 Å². The second-order valence-corrected chi connectivity index (χ2v) is 10.7. The number of anilines is 2. The molecule has 4 heteroatoms. The van der Waals surface area contributed by atoms with Gasteiger partial charge in [0.2, 0.25) is 0 Å². The summed E-state index contributed by atoms with van der Waals surface area (Å²) < 4.78 is 0. The summed E-state index contributed by atoms with van der Waals surface area (Å²) in [7, 11) is 0. The molecular weight excluding hydrogens is 404 g/mol. The van der Waals surface area contributed by atoms with Gasteiger partial charge < -0.3 is 4.90 Å². The third-order valence-corrected chi connectivity index (χ3v) is 8.37. The van der Waals surface area contributed by atoms with Crippen molar-refractivity contribution in [2.75, 3.05) is 4.90 Å². The number of nitrogens with zero attached hydrogens (tertiary/aromatic N) is 4. The minimum Gasteiger partial charge on any atom is -0.335 e. The molecule has 0 N–H and O–H groups in total. The van der Waals surface area contributed by atoms with Gasteiger partial charge in [0.1, 0.15) is 0 Å². The van der Waals surface area contributed by atoms with Gasteiger partial charge >= 0.3 is 0 Å². The van der Waals surface area contributed by atoms with Crippen LogP contribution < -0.4 is 4.90 Å². The van der Waals surface area contributed by atoms with Crippen molar-refractivity contribution < 1.29 is 0 Å². The number of rotatable bonds is 2. The molecule has 3 saturated carbocycles. The first-order valence-electron chi connectivity index (χ1n) is 12.0. The first kappa shape index (κ1) is 19.2. The third-order valence-electron chi connectivity index (χ3n) is 8.37. The fraction of sp³-hybridized carbons (Fsp3) is 0.345. The summed E-state index contributed by atoms with van der Waals surface area (Å²) in [6, 6.07) is 16.4. The minimum atomic E-state index is 0.208. The van der Waals surface area contributed by atoms with Crippen molar-refractivity contribution in [2.24, 2.45) is 0 Å². The van der Waals surface area contributed by atoms with Crippen molar-refractivity contribution in [3.05, 3.63) is 88.4 Å². The van der Waals surface area contributed by atoms with Gasteiger partial charge in [-0.2, -0.15) is 10.2 Å². The highest BCUT2D eigenvalue weighted by Crippen LogP contribution is 2.72. The van der Waals surface area contributed by atoms with Gasteiger partial charge in [0, 0.05) is 33.9 Å². The molecule has 0 radical (unpaired) electrons. The second kappa shape index (κ2) is 6.40. The number of benzene rings is 2. The van der Waals surface area contributed by atoms with Crippen LogP contribution in [0.15, 0.2) is 54.9 Å². The van der Waals surface area contributed by atoms with Gasteiger partial charge in [-0.05, 0) is 87.8 Å². The molecule has 0 atom stereocenters. The summed E-state index contributed by atoms with van der Waals surface area (Å²) in [6.07, 6.45) is 9.73. The number of pyridine rings is 1. The molecule has 3 aliphatic carbocycles. The van der Waals surface area contributed by atoms with Crippen LogP contribution in [0, 0.1) is 20.8 Å². The Labute approximate surface area is 194 Å². The fourth-order valence-electron chi connectivity index (χ4n) is 6.85. The van der Waals surface area contributed by atoms with Crippen LogP contribution in [0.3, 0.4) is 0 Å². The second-order valence-electron chi connectivity index (χ2n) is 10.7. The first-order valence-corrected chi connectivity index (χ1v) is 12.0. The molecule has 3 heterocycles. The van der Waals surface area contributed by atoms with Crippen LogP contribution in [0.1, 0.15) is 52.8 Å². The van der Waals surface area contributed by atoms with Crippen LogP contribution in [-0.4, -0.2) is 20.7 Å². The lowest BCUT2D eigenvalue weighted by molar-refractivity contribution is -0.0584. The number of fused-ring (bicyclic) bond motifs is 3. The Kier molecular flexibility index (Phi) is 3.73. The Balaban J connectivity index is 1.29. The van der Waals surface area contributed by atoms with E-state index in [4.69, 9.17) is 4.98 Å². The standard InChI is InChI=1S/C29H28N4/c1-18-4-8-25-21(10-18)6-7-22-11-19(2)5-9-26(22)33(25)29-15-28(16-29,17-29)24-12-23-13-31-32-20(3)27(23)30-14-24/h4-5,8-14H,6-7,15-17H2,1-3H3. The highest BCUT2D eigenvalue weighted by Gasteiger charge is 2.71. The lowest BCUT2D eigenvalue weighted by Crippen LogP contribution is -2.76. The molecule has 4 aromatic rings. The molecule has 0 unspecified atom stereocenters. The lowest BCUT2D eigenvalue weighted by Gasteiger charge is -2.74. The first-order chi connectivity index (χ1) is 16.0. The fourth-order valence-corrected chi connectivity index (χ4v) is 6.85. The Bertz CT molecular complexity index is 1380. The van der Waals surface area contributed by atoms with Gasteiger partial charge in [0.05, 0.1) is 17.4 Å². The third kappa shape index (κ3) is 2.61. The van der Waals surface area contributed by atoms with Gasteiger partial charge in [-0.25, -0.2) is 0 Å². The highest BCUT2D eigenvalue weighted by atomic mass is 15.3. The molecule has 8 rings (SSSR count). The van der Waals surface area contributed by atoms with Crippen molar-refractivity contribution >= 4 is 22.3 Å². The quantitative estimate of drug-likeness (QED) is 0.386. The van der Waals surface area contributed by atoms with E-state index in [1.165, 1.54) is 58.5 Å². The van der Waals surface area contributed by atoms with E-state index in [9.17, 15) is 0 Å². The summed E-state index contributed by atoms with van der Waals surface area (Å²) in [5.74, 6) is 0. The maximum atomic E-state index is 4.78. The van der Waals surface area contributed by atoms with Crippen LogP contribution >= 0.6 is 0 Å². The smallest absolute Gasteiger partial charge is 0.0948 e. The zero-order valence-electron chi connectivity index (χ0n) is 19.5. The lowest BCUT2D eigenvalue weighted by atomic mass is 9.37. The average Bonchev–Trinajstić information content (AvgIpc) is 2.89. The molecule has 2 bridgehead atoms. The van der Waals surface area contributed by atoms with Crippen LogP contribution in [0.4, 0.5) is 11.4 Å². The van der Waals surface area contributed by atoms with E-state index < -0.39 is 0 Å². The normalized spacial score (nSPS) is 25.0. The van der Waals surface area contributed by atoms with E-state index in [0.717, 1.165) is 29.4 Å². The van der Waals surface area contributed by atoms with Crippen molar-refractivity contribution in [2.45, 2.75) is 63.8 Å². The maximum absolute atomic E-state index is 4.78. The van der Waals surface area contributed by atoms with E-state index in [0.29, 0.717) is 0 Å². The Hall–Kier alpha value is -3.27. The number of hydrogen-bond donors (Lipinski definition) is 0. The summed E-state index contributed by atoms with van der Waals surface area (Å²) in [4.78, 5) is 7.50. The Morgan fingerprint density at radius 3 is 2.06 bits per heavy atom. The van der Waals surface area contributed by atoms with E-state index in [1.54, 1.807) is 0 Å². The van der Waals surface area contributed by atoms with Gasteiger partial charge in [-0.3, -0.25) is 4.98 Å². The minimum absolute atomic E-state index is 0.208. The molecule has 0 amide bonds. The number of aromatic nitrogens is 3. The van der Waals surface area contributed by atoms with E-state index >= 15 is 0 Å². The largest absolute Gasteiger partial charge is 0.335 e. The molecule has 2 aromatic heterocycles. The number of aryl methyl sites for hydroxylation is 5. The Morgan fingerprint density at radius 2 is 1.42 bits per heavy atom. The van der Waals surface area contributed by atoms with Gasteiger partial charge in [-0.1, -0.05) is 35.4 Å². The van der Waals surface area contributed by atoms with Gasteiger partial charge in [-0.15, -0.1) is 0 Å². The van der Waals surface area contributed by atoms with E-state index in [2.05, 4.69) is 77.6 Å². The van der Waals surface area contributed by atoms with Crippen molar-refractivity contribution in [3.63, 3.8) is 0 Å². The van der Waals surface area contributed by atoms with Crippen LogP contribution in [0.5, 0.6) is 0 Å². The van der Waals surface area contributed by atoms with Crippen molar-refractivity contribution in [1.29, 1.82) is 0 Å². The molecule has 33 heavy (non-hydrogen) atoms. The predicted octanol–water partition coefficient (Wildman–Crippen LogP) is 6.06.